The number of methoxy groups -OCH3 is 1. The third-order valence-electron chi connectivity index (χ3n) is 5.60. The van der Waals surface area contributed by atoms with E-state index >= 15 is 0 Å². The molecule has 1 saturated heterocycles. The molecule has 2 atom stereocenters. The minimum Gasteiger partial charge on any atom is -0.383 e. The monoisotopic (exact) mass is 369 g/mol. The van der Waals surface area contributed by atoms with Gasteiger partial charge in [0.15, 0.2) is 0 Å². The highest BCUT2D eigenvalue weighted by molar-refractivity contribution is 5.86. The van der Waals surface area contributed by atoms with Crippen molar-refractivity contribution in [2.45, 2.75) is 38.4 Å². The molecule has 1 aliphatic heterocycles. The van der Waals surface area contributed by atoms with E-state index in [9.17, 15) is 4.79 Å². The maximum Gasteiger partial charge on any atom is 0.319 e. The molecule has 2 unspecified atom stereocenters. The molecule has 1 N–H and O–H groups in total. The van der Waals surface area contributed by atoms with E-state index in [-0.39, 0.29) is 18.2 Å². The second kappa shape index (κ2) is 9.20. The van der Waals surface area contributed by atoms with Gasteiger partial charge in [-0.05, 0) is 56.1 Å². The van der Waals surface area contributed by atoms with Gasteiger partial charge in [-0.1, -0.05) is 42.5 Å². The molecule has 2 aromatic rings. The predicted octanol–water partition coefficient (Wildman–Crippen LogP) is 4.00. The maximum atomic E-state index is 13.1. The number of likely N-dealkylation sites (tertiary alicyclic amines) is 1. The van der Waals surface area contributed by atoms with Gasteiger partial charge in [0.05, 0.1) is 18.8 Å². The molecular formula is C22H31N3O2. The standard InChI is InChI=1S/C22H31N3O2/c1-17(19-12-8-10-18-9-4-5-11-20(18)19)25(15-16-27-3)22(26)23-21-13-6-7-14-24(21)2/h4-5,8-12,17,21H,6-7,13-16H2,1-3H3,(H,23,26). The number of urea groups is 1. The summed E-state index contributed by atoms with van der Waals surface area (Å²) >= 11 is 0. The summed E-state index contributed by atoms with van der Waals surface area (Å²) in [5.74, 6) is 0. The van der Waals surface area contributed by atoms with Crippen molar-refractivity contribution in [3.63, 3.8) is 0 Å². The Morgan fingerprint density at radius 1 is 1.26 bits per heavy atom. The van der Waals surface area contributed by atoms with Crippen LogP contribution in [-0.4, -0.2) is 55.9 Å². The number of ether oxygens (including phenoxy) is 1. The smallest absolute Gasteiger partial charge is 0.319 e. The molecule has 2 aromatic carbocycles. The lowest BCUT2D eigenvalue weighted by Gasteiger charge is -2.36. The van der Waals surface area contributed by atoms with Crippen LogP contribution >= 0.6 is 0 Å². The van der Waals surface area contributed by atoms with Crippen LogP contribution in [0.2, 0.25) is 0 Å². The lowest BCUT2D eigenvalue weighted by molar-refractivity contribution is 0.112. The number of amides is 2. The van der Waals surface area contributed by atoms with E-state index in [0.29, 0.717) is 13.2 Å². The first-order chi connectivity index (χ1) is 13.1. The first-order valence-corrected chi connectivity index (χ1v) is 9.86. The number of piperidine rings is 1. The van der Waals surface area contributed by atoms with Crippen LogP contribution in [0, 0.1) is 0 Å². The predicted molar refractivity (Wildman–Crippen MR) is 110 cm³/mol. The number of benzene rings is 2. The van der Waals surface area contributed by atoms with Crippen molar-refractivity contribution in [1.29, 1.82) is 0 Å². The van der Waals surface area contributed by atoms with Gasteiger partial charge in [0.25, 0.3) is 0 Å². The number of hydrogen-bond acceptors (Lipinski definition) is 3. The van der Waals surface area contributed by atoms with Crippen LogP contribution in [0.1, 0.15) is 37.8 Å². The van der Waals surface area contributed by atoms with Crippen molar-refractivity contribution < 1.29 is 9.53 Å². The molecule has 0 bridgehead atoms. The minimum absolute atomic E-state index is 0.0220. The van der Waals surface area contributed by atoms with E-state index in [0.717, 1.165) is 24.9 Å². The molecular weight excluding hydrogens is 338 g/mol. The van der Waals surface area contributed by atoms with Crippen molar-refractivity contribution in [2.75, 3.05) is 33.9 Å². The van der Waals surface area contributed by atoms with Crippen LogP contribution < -0.4 is 5.32 Å². The molecule has 0 saturated carbocycles. The Morgan fingerprint density at radius 3 is 2.81 bits per heavy atom. The van der Waals surface area contributed by atoms with Crippen molar-refractivity contribution in [3.8, 4) is 0 Å². The van der Waals surface area contributed by atoms with E-state index in [4.69, 9.17) is 4.74 Å². The van der Waals surface area contributed by atoms with Crippen LogP contribution in [0.4, 0.5) is 4.79 Å². The quantitative estimate of drug-likeness (QED) is 0.837. The highest BCUT2D eigenvalue weighted by atomic mass is 16.5. The third kappa shape index (κ3) is 4.60. The molecule has 1 fully saturated rings. The number of carbonyl (C=O) groups is 1. The second-order valence-electron chi connectivity index (χ2n) is 7.37. The lowest BCUT2D eigenvalue weighted by atomic mass is 9.99. The third-order valence-corrected chi connectivity index (χ3v) is 5.60. The summed E-state index contributed by atoms with van der Waals surface area (Å²) < 4.78 is 5.28. The fourth-order valence-electron chi connectivity index (χ4n) is 3.93. The van der Waals surface area contributed by atoms with E-state index < -0.39 is 0 Å². The fraction of sp³-hybridized carbons (Fsp3) is 0.500. The number of carbonyl (C=O) groups excluding carboxylic acids is 1. The van der Waals surface area contributed by atoms with E-state index in [2.05, 4.69) is 60.6 Å². The van der Waals surface area contributed by atoms with Gasteiger partial charge in [-0.2, -0.15) is 0 Å². The highest BCUT2D eigenvalue weighted by Crippen LogP contribution is 2.28. The van der Waals surface area contributed by atoms with Crippen molar-refractivity contribution in [1.82, 2.24) is 15.1 Å². The Labute approximate surface area is 162 Å². The average molecular weight is 370 g/mol. The molecule has 146 valence electrons. The molecule has 27 heavy (non-hydrogen) atoms. The van der Waals surface area contributed by atoms with E-state index in [1.54, 1.807) is 7.11 Å². The number of fused-ring (bicyclic) bond motifs is 1. The first kappa shape index (κ1) is 19.6. The van der Waals surface area contributed by atoms with Crippen LogP contribution in [0.3, 0.4) is 0 Å². The van der Waals surface area contributed by atoms with Crippen molar-refractivity contribution in [3.05, 3.63) is 48.0 Å². The number of nitrogens with zero attached hydrogens (tertiary/aromatic N) is 2. The molecule has 2 amide bonds. The van der Waals surface area contributed by atoms with Gasteiger partial charge in [0, 0.05) is 13.7 Å². The Kier molecular flexibility index (Phi) is 6.69. The van der Waals surface area contributed by atoms with Crippen LogP contribution in [-0.2, 0) is 4.74 Å². The molecule has 0 spiro atoms. The van der Waals surface area contributed by atoms with Gasteiger partial charge in [-0.15, -0.1) is 0 Å². The Balaban J connectivity index is 1.83. The molecule has 5 heteroatoms. The Morgan fingerprint density at radius 2 is 2.04 bits per heavy atom. The first-order valence-electron chi connectivity index (χ1n) is 9.86. The average Bonchev–Trinajstić information content (AvgIpc) is 2.69. The summed E-state index contributed by atoms with van der Waals surface area (Å²) in [5, 5.41) is 5.62. The van der Waals surface area contributed by atoms with Crippen LogP contribution in [0.15, 0.2) is 42.5 Å². The summed E-state index contributed by atoms with van der Waals surface area (Å²) in [6.45, 7) is 4.20. The number of nitrogens with one attached hydrogen (secondary N) is 1. The Hall–Kier alpha value is -2.11. The molecule has 0 aliphatic carbocycles. The zero-order valence-corrected chi connectivity index (χ0v) is 16.6. The van der Waals surface area contributed by atoms with Crippen molar-refractivity contribution >= 4 is 16.8 Å². The molecule has 1 aliphatic rings. The van der Waals surface area contributed by atoms with Gasteiger partial charge in [0.1, 0.15) is 0 Å². The molecule has 0 aromatic heterocycles. The second-order valence-corrected chi connectivity index (χ2v) is 7.37. The summed E-state index contributed by atoms with van der Waals surface area (Å²) in [5.41, 5.74) is 1.16. The van der Waals surface area contributed by atoms with Crippen molar-refractivity contribution in [2.24, 2.45) is 0 Å². The molecule has 0 radical (unpaired) electrons. The minimum atomic E-state index is -0.0415. The molecule has 1 heterocycles. The van der Waals surface area contributed by atoms with Gasteiger partial charge < -0.3 is 15.0 Å². The highest BCUT2D eigenvalue weighted by Gasteiger charge is 2.27. The summed E-state index contributed by atoms with van der Waals surface area (Å²) in [6, 6.07) is 14.6. The van der Waals surface area contributed by atoms with Gasteiger partial charge >= 0.3 is 6.03 Å². The van der Waals surface area contributed by atoms with Gasteiger partial charge in [-0.3, -0.25) is 4.90 Å². The SMILES string of the molecule is COCCN(C(=O)NC1CCCCN1C)C(C)c1cccc2ccccc12. The topological polar surface area (TPSA) is 44.8 Å². The van der Waals surface area contributed by atoms with E-state index in [1.807, 2.05) is 11.0 Å². The zero-order chi connectivity index (χ0) is 19.2. The van der Waals surface area contributed by atoms with Gasteiger partial charge in [0.2, 0.25) is 0 Å². The van der Waals surface area contributed by atoms with Gasteiger partial charge in [-0.25, -0.2) is 4.79 Å². The van der Waals surface area contributed by atoms with Crippen LogP contribution in [0.5, 0.6) is 0 Å². The summed E-state index contributed by atoms with van der Waals surface area (Å²) in [6.07, 6.45) is 3.47. The van der Waals surface area contributed by atoms with Crippen LogP contribution in [0.25, 0.3) is 10.8 Å². The largest absolute Gasteiger partial charge is 0.383 e. The Bertz CT molecular complexity index is 759. The number of rotatable bonds is 6. The normalized spacial score (nSPS) is 19.0. The fourth-order valence-corrected chi connectivity index (χ4v) is 3.93. The van der Waals surface area contributed by atoms with E-state index in [1.165, 1.54) is 17.2 Å². The zero-order valence-electron chi connectivity index (χ0n) is 16.6. The number of hydrogen-bond donors (Lipinski definition) is 1. The summed E-state index contributed by atoms with van der Waals surface area (Å²) in [4.78, 5) is 17.3. The molecule has 3 rings (SSSR count). The summed E-state index contributed by atoms with van der Waals surface area (Å²) in [7, 11) is 3.76. The molecule has 5 nitrogen and oxygen atoms in total. The lowest BCUT2D eigenvalue weighted by Crippen LogP contribution is -2.53. The maximum absolute atomic E-state index is 13.1.